The SMILES string of the molecule is CC(C)(C)c1coc(CNC(=O)CCCl)n1. The lowest BCUT2D eigenvalue weighted by molar-refractivity contribution is -0.120. The molecule has 0 fully saturated rings. The molecule has 0 aliphatic rings. The molecule has 1 N–H and O–H groups in total. The fourth-order valence-electron chi connectivity index (χ4n) is 1.08. The molecule has 0 atom stereocenters. The molecular weight excluding hydrogens is 228 g/mol. The maximum atomic E-state index is 11.2. The van der Waals surface area contributed by atoms with Gasteiger partial charge in [0.25, 0.3) is 0 Å². The van der Waals surface area contributed by atoms with Crippen molar-refractivity contribution in [3.8, 4) is 0 Å². The zero-order valence-electron chi connectivity index (χ0n) is 9.84. The van der Waals surface area contributed by atoms with Gasteiger partial charge in [-0.1, -0.05) is 20.8 Å². The number of amides is 1. The van der Waals surface area contributed by atoms with Gasteiger partial charge in [0.05, 0.1) is 12.2 Å². The first-order valence-electron chi connectivity index (χ1n) is 5.21. The van der Waals surface area contributed by atoms with Crippen LogP contribution in [0.1, 0.15) is 38.8 Å². The van der Waals surface area contributed by atoms with Gasteiger partial charge in [-0.15, -0.1) is 11.6 Å². The molecule has 0 bridgehead atoms. The van der Waals surface area contributed by atoms with Gasteiger partial charge in [-0.05, 0) is 0 Å². The minimum Gasteiger partial charge on any atom is -0.447 e. The van der Waals surface area contributed by atoms with E-state index in [2.05, 4.69) is 31.1 Å². The highest BCUT2D eigenvalue weighted by Gasteiger charge is 2.18. The van der Waals surface area contributed by atoms with Crippen molar-refractivity contribution in [3.05, 3.63) is 17.8 Å². The van der Waals surface area contributed by atoms with Crippen molar-refractivity contribution in [2.24, 2.45) is 0 Å². The number of oxazole rings is 1. The summed E-state index contributed by atoms with van der Waals surface area (Å²) in [7, 11) is 0. The van der Waals surface area contributed by atoms with Gasteiger partial charge in [-0.25, -0.2) is 4.98 Å². The number of carbonyl (C=O) groups is 1. The second-order valence-electron chi connectivity index (χ2n) is 4.59. The average molecular weight is 245 g/mol. The first-order valence-corrected chi connectivity index (χ1v) is 5.74. The molecule has 16 heavy (non-hydrogen) atoms. The highest BCUT2D eigenvalue weighted by Crippen LogP contribution is 2.20. The highest BCUT2D eigenvalue weighted by molar-refractivity contribution is 6.18. The molecule has 0 saturated carbocycles. The number of alkyl halides is 1. The van der Waals surface area contributed by atoms with Crippen LogP contribution in [0.3, 0.4) is 0 Å². The van der Waals surface area contributed by atoms with Crippen molar-refractivity contribution in [2.45, 2.75) is 39.2 Å². The molecule has 5 heteroatoms. The molecule has 0 spiro atoms. The largest absolute Gasteiger partial charge is 0.447 e. The Morgan fingerprint density at radius 1 is 1.56 bits per heavy atom. The summed E-state index contributed by atoms with van der Waals surface area (Å²) in [6.07, 6.45) is 1.94. The maximum absolute atomic E-state index is 11.2. The topological polar surface area (TPSA) is 55.1 Å². The summed E-state index contributed by atoms with van der Waals surface area (Å²) in [4.78, 5) is 15.5. The summed E-state index contributed by atoms with van der Waals surface area (Å²) in [6.45, 7) is 6.48. The summed E-state index contributed by atoms with van der Waals surface area (Å²) < 4.78 is 5.26. The Balaban J connectivity index is 2.50. The summed E-state index contributed by atoms with van der Waals surface area (Å²) in [5, 5.41) is 2.69. The Bertz CT molecular complexity index is 355. The maximum Gasteiger partial charge on any atom is 0.221 e. The number of halogens is 1. The molecule has 1 rings (SSSR count). The van der Waals surface area contributed by atoms with Crippen LogP contribution in [0.25, 0.3) is 0 Å². The van der Waals surface area contributed by atoms with Gasteiger partial charge in [0.2, 0.25) is 11.8 Å². The van der Waals surface area contributed by atoms with E-state index in [1.54, 1.807) is 6.26 Å². The van der Waals surface area contributed by atoms with E-state index in [0.29, 0.717) is 24.7 Å². The van der Waals surface area contributed by atoms with Crippen molar-refractivity contribution in [1.82, 2.24) is 10.3 Å². The number of carbonyl (C=O) groups excluding carboxylic acids is 1. The second kappa shape index (κ2) is 5.34. The Labute approximate surface area is 100 Å². The molecule has 0 aromatic carbocycles. The minimum absolute atomic E-state index is 0.0398. The van der Waals surface area contributed by atoms with E-state index >= 15 is 0 Å². The number of aromatic nitrogens is 1. The number of hydrogen-bond donors (Lipinski definition) is 1. The first kappa shape index (κ1) is 13.0. The molecule has 1 amide bonds. The molecule has 1 aromatic heterocycles. The third kappa shape index (κ3) is 3.85. The summed E-state index contributed by atoms with van der Waals surface area (Å²) >= 11 is 5.44. The van der Waals surface area contributed by atoms with Crippen LogP contribution in [-0.4, -0.2) is 16.8 Å². The second-order valence-corrected chi connectivity index (χ2v) is 4.97. The van der Waals surface area contributed by atoms with Crippen LogP contribution in [0, 0.1) is 0 Å². The zero-order chi connectivity index (χ0) is 12.2. The van der Waals surface area contributed by atoms with E-state index in [1.165, 1.54) is 0 Å². The monoisotopic (exact) mass is 244 g/mol. The van der Waals surface area contributed by atoms with Gasteiger partial charge in [-0.2, -0.15) is 0 Å². The molecule has 4 nitrogen and oxygen atoms in total. The van der Waals surface area contributed by atoms with Gasteiger partial charge in [0, 0.05) is 17.7 Å². The number of hydrogen-bond acceptors (Lipinski definition) is 3. The average Bonchev–Trinajstić information content (AvgIpc) is 2.63. The fraction of sp³-hybridized carbons (Fsp3) is 0.636. The van der Waals surface area contributed by atoms with Crippen molar-refractivity contribution >= 4 is 17.5 Å². The zero-order valence-corrected chi connectivity index (χ0v) is 10.6. The van der Waals surface area contributed by atoms with Gasteiger partial charge in [-0.3, -0.25) is 4.79 Å². The highest BCUT2D eigenvalue weighted by atomic mass is 35.5. The lowest BCUT2D eigenvalue weighted by Gasteiger charge is -2.12. The molecule has 0 aliphatic carbocycles. The third-order valence-corrected chi connectivity index (χ3v) is 2.27. The number of rotatable bonds is 4. The lowest BCUT2D eigenvalue weighted by atomic mass is 9.93. The molecule has 0 radical (unpaired) electrons. The molecule has 0 aliphatic heterocycles. The molecule has 1 heterocycles. The van der Waals surface area contributed by atoms with Crippen molar-refractivity contribution in [1.29, 1.82) is 0 Å². The molecular formula is C11H17ClN2O2. The quantitative estimate of drug-likeness (QED) is 0.827. The normalized spacial score (nSPS) is 11.5. The van der Waals surface area contributed by atoms with E-state index in [9.17, 15) is 4.79 Å². The number of nitrogens with one attached hydrogen (secondary N) is 1. The van der Waals surface area contributed by atoms with Crippen LogP contribution in [0.4, 0.5) is 0 Å². The Morgan fingerprint density at radius 2 is 2.25 bits per heavy atom. The summed E-state index contributed by atoms with van der Waals surface area (Å²) in [6, 6.07) is 0. The fourth-order valence-corrected chi connectivity index (χ4v) is 1.26. The Hall–Kier alpha value is -1.03. The third-order valence-electron chi connectivity index (χ3n) is 2.08. The van der Waals surface area contributed by atoms with E-state index < -0.39 is 0 Å². The summed E-state index contributed by atoms with van der Waals surface area (Å²) in [5.74, 6) is 0.753. The Kier molecular flexibility index (Phi) is 4.35. The van der Waals surface area contributed by atoms with Crippen molar-refractivity contribution in [3.63, 3.8) is 0 Å². The van der Waals surface area contributed by atoms with Crippen LogP contribution < -0.4 is 5.32 Å². The van der Waals surface area contributed by atoms with Crippen LogP contribution in [0.5, 0.6) is 0 Å². The van der Waals surface area contributed by atoms with Crippen molar-refractivity contribution < 1.29 is 9.21 Å². The molecule has 90 valence electrons. The smallest absolute Gasteiger partial charge is 0.221 e. The van der Waals surface area contributed by atoms with Crippen LogP contribution in [0.2, 0.25) is 0 Å². The van der Waals surface area contributed by atoms with E-state index in [4.69, 9.17) is 16.0 Å². The van der Waals surface area contributed by atoms with Gasteiger partial charge >= 0.3 is 0 Å². The molecule has 1 aromatic rings. The van der Waals surface area contributed by atoms with Crippen LogP contribution in [0.15, 0.2) is 10.7 Å². The molecule has 0 saturated heterocycles. The van der Waals surface area contributed by atoms with E-state index in [1.807, 2.05) is 0 Å². The summed E-state index contributed by atoms with van der Waals surface area (Å²) in [5.41, 5.74) is 0.844. The van der Waals surface area contributed by atoms with E-state index in [-0.39, 0.29) is 11.3 Å². The van der Waals surface area contributed by atoms with E-state index in [0.717, 1.165) is 5.69 Å². The predicted octanol–water partition coefficient (Wildman–Crippen LogP) is 2.22. The van der Waals surface area contributed by atoms with Gasteiger partial charge < -0.3 is 9.73 Å². The first-order chi connectivity index (χ1) is 7.43. The van der Waals surface area contributed by atoms with Crippen LogP contribution in [-0.2, 0) is 16.8 Å². The Morgan fingerprint density at radius 3 is 2.75 bits per heavy atom. The van der Waals surface area contributed by atoms with Gasteiger partial charge in [0.1, 0.15) is 6.26 Å². The van der Waals surface area contributed by atoms with Gasteiger partial charge in [0.15, 0.2) is 0 Å². The number of nitrogens with zero attached hydrogens (tertiary/aromatic N) is 1. The van der Waals surface area contributed by atoms with Crippen LogP contribution >= 0.6 is 11.6 Å². The van der Waals surface area contributed by atoms with Crippen molar-refractivity contribution in [2.75, 3.05) is 5.88 Å². The minimum atomic E-state index is -0.0921. The molecule has 0 unspecified atom stereocenters. The lowest BCUT2D eigenvalue weighted by Crippen LogP contribution is -2.23. The predicted molar refractivity (Wildman–Crippen MR) is 62.4 cm³/mol. The standard InChI is InChI=1S/C11H17ClN2O2/c1-11(2,3)8-7-16-10(14-8)6-13-9(15)4-5-12/h7H,4-6H2,1-3H3,(H,13,15).